The van der Waals surface area contributed by atoms with E-state index in [9.17, 15) is 4.79 Å². The van der Waals surface area contributed by atoms with Gasteiger partial charge in [-0.25, -0.2) is 9.78 Å². The highest BCUT2D eigenvalue weighted by Gasteiger charge is 2.70. The molecule has 6 nitrogen and oxygen atoms in total. The minimum atomic E-state index is -0.781. The summed E-state index contributed by atoms with van der Waals surface area (Å²) in [5, 5.41) is 0. The Labute approximate surface area is 161 Å². The van der Waals surface area contributed by atoms with E-state index in [0.29, 0.717) is 11.8 Å². The molecule has 0 radical (unpaired) electrons. The van der Waals surface area contributed by atoms with Crippen LogP contribution in [0.3, 0.4) is 0 Å². The average molecular weight is 379 g/mol. The fourth-order valence-corrected chi connectivity index (χ4v) is 6.48. The van der Waals surface area contributed by atoms with Gasteiger partial charge >= 0.3 is 0 Å². The summed E-state index contributed by atoms with van der Waals surface area (Å²) in [4.78, 5) is 27.3. The van der Waals surface area contributed by atoms with Crippen LogP contribution in [-0.4, -0.2) is 47.7 Å². The first-order valence-electron chi connectivity index (χ1n) is 10.9. The maximum Gasteiger partial charge on any atom is 0.252 e. The fraction of sp³-hybridized carbons (Fsp3) is 0.952. The molecule has 0 aromatic carbocycles. The number of rotatable bonds is 1. The molecule has 5 aliphatic heterocycles. The Kier molecular flexibility index (Phi) is 4.35. The van der Waals surface area contributed by atoms with Crippen LogP contribution in [0.25, 0.3) is 0 Å². The van der Waals surface area contributed by atoms with Crippen LogP contribution in [-0.2, 0) is 24.0 Å². The van der Waals surface area contributed by atoms with Gasteiger partial charge in [-0.1, -0.05) is 13.8 Å². The van der Waals surface area contributed by atoms with E-state index in [4.69, 9.17) is 19.2 Å². The summed E-state index contributed by atoms with van der Waals surface area (Å²) in [6.07, 6.45) is 6.46. The zero-order valence-corrected chi connectivity index (χ0v) is 16.8. The van der Waals surface area contributed by atoms with E-state index in [1.54, 1.807) is 0 Å². The Morgan fingerprint density at radius 2 is 1.78 bits per heavy atom. The van der Waals surface area contributed by atoms with Crippen LogP contribution in [0.1, 0.15) is 65.7 Å². The smallest absolute Gasteiger partial charge is 0.252 e. The fourth-order valence-electron chi connectivity index (χ4n) is 6.48. The molecule has 6 heteroatoms. The molecule has 152 valence electrons. The van der Waals surface area contributed by atoms with Crippen molar-refractivity contribution in [1.29, 1.82) is 0 Å². The van der Waals surface area contributed by atoms with Crippen LogP contribution in [0.4, 0.5) is 0 Å². The molecule has 6 rings (SSSR count). The van der Waals surface area contributed by atoms with Gasteiger partial charge in [-0.15, -0.1) is 0 Å². The van der Waals surface area contributed by atoms with E-state index < -0.39 is 23.8 Å². The zero-order valence-electron chi connectivity index (χ0n) is 16.8. The third kappa shape index (κ3) is 2.63. The standard InChI is InChI=1S/C21H33NO5/c1-13-7-8-16-14(2)17(18(23)22-11-5-4-6-12-22)24-19-21(16)15(13)9-10-20(3,25-19)26-27-21/h13-17,19H,4-12H2,1-3H3/t13-,14-,15+,16+,17-,19-,20-,21-/m1/s1. The SMILES string of the molecule is C[C@H]1[C@H](C(=O)N2CCCCC2)O[C@@H]2O[C@@]3(C)CC[C@H]4[C@H](C)CC[C@@H]1[C@@]24OO3. The third-order valence-corrected chi connectivity index (χ3v) is 8.07. The summed E-state index contributed by atoms with van der Waals surface area (Å²) in [6.45, 7) is 8.11. The molecule has 1 saturated carbocycles. The number of fused-ring (bicyclic) bond motifs is 2. The first-order valence-corrected chi connectivity index (χ1v) is 10.9. The maximum absolute atomic E-state index is 13.3. The highest BCUT2D eigenvalue weighted by Crippen LogP contribution is 2.60. The van der Waals surface area contributed by atoms with Gasteiger partial charge in [-0.2, -0.15) is 0 Å². The van der Waals surface area contributed by atoms with Gasteiger partial charge in [0.1, 0.15) is 6.10 Å². The molecule has 0 aromatic heterocycles. The summed E-state index contributed by atoms with van der Waals surface area (Å²) in [6, 6.07) is 0. The van der Waals surface area contributed by atoms with Gasteiger partial charge in [0, 0.05) is 25.4 Å². The second-order valence-electron chi connectivity index (χ2n) is 9.71. The Morgan fingerprint density at radius 1 is 1.00 bits per heavy atom. The molecule has 2 bridgehead atoms. The molecule has 0 N–H and O–H groups in total. The summed E-state index contributed by atoms with van der Waals surface area (Å²) in [5.41, 5.74) is -0.578. The Hall–Kier alpha value is -0.690. The lowest BCUT2D eigenvalue weighted by Gasteiger charge is -2.60. The highest BCUT2D eigenvalue weighted by atomic mass is 17.3. The Bertz CT molecular complexity index is 607. The van der Waals surface area contributed by atoms with Gasteiger partial charge in [0.25, 0.3) is 5.91 Å². The number of ether oxygens (including phenoxy) is 2. The number of amides is 1. The van der Waals surface area contributed by atoms with Gasteiger partial charge in [0.05, 0.1) is 0 Å². The molecule has 6 aliphatic rings. The van der Waals surface area contributed by atoms with Crippen LogP contribution < -0.4 is 0 Å². The Balaban J connectivity index is 1.49. The van der Waals surface area contributed by atoms with E-state index in [0.717, 1.165) is 45.2 Å². The Morgan fingerprint density at radius 3 is 2.56 bits per heavy atom. The molecule has 1 amide bonds. The first kappa shape index (κ1) is 18.3. The number of hydrogen-bond acceptors (Lipinski definition) is 5. The van der Waals surface area contributed by atoms with E-state index in [1.165, 1.54) is 12.8 Å². The minimum Gasteiger partial charge on any atom is -0.340 e. The number of hydrogen-bond donors (Lipinski definition) is 0. The first-order chi connectivity index (χ1) is 12.9. The van der Waals surface area contributed by atoms with Crippen molar-refractivity contribution in [3.8, 4) is 0 Å². The quantitative estimate of drug-likeness (QED) is 0.655. The molecule has 0 aromatic rings. The second kappa shape index (κ2) is 6.41. The van der Waals surface area contributed by atoms with Crippen molar-refractivity contribution in [1.82, 2.24) is 4.90 Å². The molecule has 8 atom stereocenters. The molecule has 27 heavy (non-hydrogen) atoms. The van der Waals surface area contributed by atoms with Gasteiger partial charge in [0.15, 0.2) is 11.9 Å². The molecule has 5 heterocycles. The van der Waals surface area contributed by atoms with Gasteiger partial charge in [-0.05, 0) is 63.2 Å². The van der Waals surface area contributed by atoms with Crippen molar-refractivity contribution in [2.24, 2.45) is 23.7 Å². The molecule has 5 saturated heterocycles. The van der Waals surface area contributed by atoms with Crippen LogP contribution in [0.2, 0.25) is 0 Å². The normalized spacial score (nSPS) is 52.2. The van der Waals surface area contributed by atoms with Crippen molar-refractivity contribution >= 4 is 5.91 Å². The van der Waals surface area contributed by atoms with Gasteiger partial charge in [0.2, 0.25) is 5.79 Å². The molecular weight excluding hydrogens is 346 g/mol. The van der Waals surface area contributed by atoms with Crippen LogP contribution in [0.15, 0.2) is 0 Å². The summed E-state index contributed by atoms with van der Waals surface area (Å²) < 4.78 is 12.8. The minimum absolute atomic E-state index is 0.0975. The van der Waals surface area contributed by atoms with Crippen LogP contribution in [0, 0.1) is 23.7 Å². The number of piperidine rings is 1. The lowest BCUT2D eigenvalue weighted by molar-refractivity contribution is -0.569. The van der Waals surface area contributed by atoms with E-state index >= 15 is 0 Å². The van der Waals surface area contributed by atoms with Crippen molar-refractivity contribution in [3.63, 3.8) is 0 Å². The highest BCUT2D eigenvalue weighted by molar-refractivity contribution is 5.81. The monoisotopic (exact) mass is 379 g/mol. The summed E-state index contributed by atoms with van der Waals surface area (Å²) in [5.74, 6) is 0.568. The number of carbonyl (C=O) groups is 1. The van der Waals surface area contributed by atoms with E-state index in [-0.39, 0.29) is 17.7 Å². The van der Waals surface area contributed by atoms with Crippen LogP contribution >= 0.6 is 0 Å². The van der Waals surface area contributed by atoms with Crippen molar-refractivity contribution in [2.75, 3.05) is 13.1 Å². The predicted octanol–water partition coefficient (Wildman–Crippen LogP) is 3.25. The lowest BCUT2D eigenvalue weighted by atomic mass is 9.57. The number of likely N-dealkylation sites (tertiary alicyclic amines) is 1. The van der Waals surface area contributed by atoms with Gasteiger partial charge < -0.3 is 14.4 Å². The predicted molar refractivity (Wildman–Crippen MR) is 97.3 cm³/mol. The van der Waals surface area contributed by atoms with E-state index in [2.05, 4.69) is 13.8 Å². The molecule has 0 unspecified atom stereocenters. The average Bonchev–Trinajstić information content (AvgIpc) is 2.91. The van der Waals surface area contributed by atoms with Crippen molar-refractivity contribution in [3.05, 3.63) is 0 Å². The maximum atomic E-state index is 13.3. The topological polar surface area (TPSA) is 57.2 Å². The van der Waals surface area contributed by atoms with Crippen LogP contribution in [0.5, 0.6) is 0 Å². The van der Waals surface area contributed by atoms with Crippen molar-refractivity contribution in [2.45, 2.75) is 89.5 Å². The second-order valence-corrected chi connectivity index (χ2v) is 9.71. The lowest BCUT2D eigenvalue weighted by Crippen LogP contribution is -2.71. The summed E-state index contributed by atoms with van der Waals surface area (Å²) >= 11 is 0. The molecule has 1 aliphatic carbocycles. The molecule has 1 spiro atoms. The molecular formula is C21H33NO5. The summed E-state index contributed by atoms with van der Waals surface area (Å²) in [7, 11) is 0. The zero-order chi connectivity index (χ0) is 18.8. The largest absolute Gasteiger partial charge is 0.340 e. The van der Waals surface area contributed by atoms with E-state index in [1.807, 2.05) is 11.8 Å². The number of carbonyl (C=O) groups excluding carboxylic acids is 1. The molecule has 6 fully saturated rings. The van der Waals surface area contributed by atoms with Crippen molar-refractivity contribution < 1.29 is 24.0 Å². The number of nitrogens with zero attached hydrogens (tertiary/aromatic N) is 1. The third-order valence-electron chi connectivity index (χ3n) is 8.07. The van der Waals surface area contributed by atoms with Gasteiger partial charge in [-0.3, -0.25) is 4.79 Å².